The molecule has 0 atom stereocenters. The van der Waals surface area contributed by atoms with E-state index in [2.05, 4.69) is 10.6 Å². The molecule has 116 valence electrons. The molecule has 0 radical (unpaired) electrons. The van der Waals surface area contributed by atoms with Crippen molar-refractivity contribution < 1.29 is 9.59 Å². The average Bonchev–Trinajstić information content (AvgIpc) is 2.39. The maximum absolute atomic E-state index is 12.0. The summed E-state index contributed by atoms with van der Waals surface area (Å²) in [5.41, 5.74) is 3.01. The molecule has 0 aromatic heterocycles. The van der Waals surface area contributed by atoms with E-state index in [-0.39, 0.29) is 24.9 Å². The minimum absolute atomic E-state index is 0.0568. The van der Waals surface area contributed by atoms with Gasteiger partial charge in [0.1, 0.15) is 0 Å². The smallest absolute Gasteiger partial charge is 0.238 e. The van der Waals surface area contributed by atoms with E-state index in [9.17, 15) is 9.59 Å². The number of carbonyl (C=O) groups excluding carboxylic acids is 2. The van der Waals surface area contributed by atoms with Crippen molar-refractivity contribution in [3.63, 3.8) is 0 Å². The number of carbonyl (C=O) groups is 2. The van der Waals surface area contributed by atoms with Gasteiger partial charge in [-0.15, -0.1) is 0 Å². The maximum Gasteiger partial charge on any atom is 0.238 e. The van der Waals surface area contributed by atoms with Crippen LogP contribution in [0.15, 0.2) is 18.2 Å². The molecule has 0 heterocycles. The van der Waals surface area contributed by atoms with Gasteiger partial charge in [-0.25, -0.2) is 0 Å². The lowest BCUT2D eigenvalue weighted by Crippen LogP contribution is -2.39. The van der Waals surface area contributed by atoms with Gasteiger partial charge in [0, 0.05) is 12.2 Å². The number of anilines is 1. The van der Waals surface area contributed by atoms with E-state index < -0.39 is 0 Å². The van der Waals surface area contributed by atoms with Crippen LogP contribution in [0.2, 0.25) is 0 Å². The zero-order chi connectivity index (χ0) is 15.8. The van der Waals surface area contributed by atoms with Crippen molar-refractivity contribution in [2.24, 2.45) is 0 Å². The highest BCUT2D eigenvalue weighted by atomic mass is 16.2. The third-order valence-corrected chi connectivity index (χ3v) is 3.06. The largest absolute Gasteiger partial charge is 0.355 e. The van der Waals surface area contributed by atoms with E-state index in [4.69, 9.17) is 0 Å². The van der Waals surface area contributed by atoms with Crippen molar-refractivity contribution in [3.05, 3.63) is 29.3 Å². The van der Waals surface area contributed by atoms with E-state index in [0.29, 0.717) is 6.54 Å². The molecule has 5 heteroatoms. The zero-order valence-electron chi connectivity index (χ0n) is 13.3. The second-order valence-corrected chi connectivity index (χ2v) is 5.39. The Hall–Kier alpha value is -1.88. The number of aryl methyl sites for hydroxylation is 2. The molecule has 0 spiro atoms. The summed E-state index contributed by atoms with van der Waals surface area (Å²) in [5, 5.41) is 5.66. The summed E-state index contributed by atoms with van der Waals surface area (Å²) in [6, 6.07) is 5.89. The first-order chi connectivity index (χ1) is 9.92. The van der Waals surface area contributed by atoms with E-state index in [1.165, 1.54) is 0 Å². The number of amides is 2. The predicted molar refractivity (Wildman–Crippen MR) is 85.3 cm³/mol. The third-order valence-electron chi connectivity index (χ3n) is 3.06. The molecule has 5 nitrogen and oxygen atoms in total. The minimum atomic E-state index is -0.118. The standard InChI is InChI=1S/C16H25N3O2/c1-5-8-17-15(20)10-19(4)11-16(21)18-14-7-6-12(2)9-13(14)3/h6-7,9H,5,8,10-11H2,1-4H3,(H,17,20)(H,18,21). The van der Waals surface area contributed by atoms with Crippen LogP contribution in [-0.4, -0.2) is 43.4 Å². The minimum Gasteiger partial charge on any atom is -0.355 e. The Morgan fingerprint density at radius 3 is 2.43 bits per heavy atom. The number of benzene rings is 1. The van der Waals surface area contributed by atoms with Crippen molar-refractivity contribution in [3.8, 4) is 0 Å². The zero-order valence-corrected chi connectivity index (χ0v) is 13.3. The molecular weight excluding hydrogens is 266 g/mol. The van der Waals surface area contributed by atoms with Gasteiger partial charge in [-0.3, -0.25) is 14.5 Å². The fourth-order valence-electron chi connectivity index (χ4n) is 2.01. The summed E-state index contributed by atoms with van der Waals surface area (Å²) in [7, 11) is 1.76. The van der Waals surface area contributed by atoms with Gasteiger partial charge in [0.2, 0.25) is 11.8 Å². The van der Waals surface area contributed by atoms with Crippen LogP contribution in [-0.2, 0) is 9.59 Å². The van der Waals surface area contributed by atoms with Crippen LogP contribution < -0.4 is 10.6 Å². The Morgan fingerprint density at radius 2 is 1.81 bits per heavy atom. The summed E-state index contributed by atoms with van der Waals surface area (Å²) in [6.45, 7) is 7.06. The van der Waals surface area contributed by atoms with Gasteiger partial charge in [-0.2, -0.15) is 0 Å². The van der Waals surface area contributed by atoms with Gasteiger partial charge in [-0.1, -0.05) is 24.6 Å². The first-order valence-electron chi connectivity index (χ1n) is 7.24. The third kappa shape index (κ3) is 6.40. The summed E-state index contributed by atoms with van der Waals surface area (Å²) in [6.07, 6.45) is 0.905. The van der Waals surface area contributed by atoms with Gasteiger partial charge in [0.25, 0.3) is 0 Å². The maximum atomic E-state index is 12.0. The second-order valence-electron chi connectivity index (χ2n) is 5.39. The lowest BCUT2D eigenvalue weighted by atomic mass is 10.1. The van der Waals surface area contributed by atoms with Crippen LogP contribution >= 0.6 is 0 Å². The van der Waals surface area contributed by atoms with Crippen molar-refractivity contribution in [1.29, 1.82) is 0 Å². The lowest BCUT2D eigenvalue weighted by molar-refractivity contribution is -0.122. The first kappa shape index (κ1) is 17.2. The van der Waals surface area contributed by atoms with Crippen molar-refractivity contribution in [2.45, 2.75) is 27.2 Å². The Balaban J connectivity index is 2.44. The molecule has 21 heavy (non-hydrogen) atoms. The van der Waals surface area contributed by atoms with E-state index >= 15 is 0 Å². The van der Waals surface area contributed by atoms with E-state index in [1.807, 2.05) is 39.0 Å². The highest BCUT2D eigenvalue weighted by molar-refractivity contribution is 5.93. The summed E-state index contributed by atoms with van der Waals surface area (Å²) < 4.78 is 0. The van der Waals surface area contributed by atoms with Crippen molar-refractivity contribution >= 4 is 17.5 Å². The Kier molecular flexibility index (Phi) is 6.88. The topological polar surface area (TPSA) is 61.4 Å². The van der Waals surface area contributed by atoms with Crippen LogP contribution in [0.25, 0.3) is 0 Å². The van der Waals surface area contributed by atoms with Crippen molar-refractivity contribution in [1.82, 2.24) is 10.2 Å². The second kappa shape index (κ2) is 8.42. The summed E-state index contributed by atoms with van der Waals surface area (Å²) in [4.78, 5) is 25.2. The van der Waals surface area contributed by atoms with Gasteiger partial charge in [0.15, 0.2) is 0 Å². The SMILES string of the molecule is CCCNC(=O)CN(C)CC(=O)Nc1ccc(C)cc1C. The molecule has 2 amide bonds. The molecule has 0 aliphatic heterocycles. The van der Waals surface area contributed by atoms with Crippen LogP contribution in [0.5, 0.6) is 0 Å². The number of nitrogens with one attached hydrogen (secondary N) is 2. The van der Waals surface area contributed by atoms with E-state index in [1.54, 1.807) is 11.9 Å². The monoisotopic (exact) mass is 291 g/mol. The Bertz CT molecular complexity index is 500. The molecule has 0 unspecified atom stereocenters. The molecule has 0 saturated carbocycles. The molecule has 2 N–H and O–H groups in total. The average molecular weight is 291 g/mol. The van der Waals surface area contributed by atoms with Crippen LogP contribution in [0.4, 0.5) is 5.69 Å². The first-order valence-corrected chi connectivity index (χ1v) is 7.24. The Morgan fingerprint density at radius 1 is 1.14 bits per heavy atom. The molecule has 0 saturated heterocycles. The molecule has 0 aliphatic carbocycles. The number of hydrogen-bond acceptors (Lipinski definition) is 3. The van der Waals surface area contributed by atoms with Crippen molar-refractivity contribution in [2.75, 3.05) is 32.0 Å². The quantitative estimate of drug-likeness (QED) is 0.804. The van der Waals surface area contributed by atoms with Gasteiger partial charge in [-0.05, 0) is 38.9 Å². The number of rotatable bonds is 7. The molecule has 0 bridgehead atoms. The highest BCUT2D eigenvalue weighted by Gasteiger charge is 2.11. The lowest BCUT2D eigenvalue weighted by Gasteiger charge is -2.16. The van der Waals surface area contributed by atoms with Gasteiger partial charge in [0.05, 0.1) is 13.1 Å². The molecule has 0 fully saturated rings. The fraction of sp³-hybridized carbons (Fsp3) is 0.500. The fourth-order valence-corrected chi connectivity index (χ4v) is 2.01. The molecule has 1 aromatic rings. The van der Waals surface area contributed by atoms with Gasteiger partial charge >= 0.3 is 0 Å². The predicted octanol–water partition coefficient (Wildman–Crippen LogP) is 1.70. The normalized spacial score (nSPS) is 10.5. The van der Waals surface area contributed by atoms with Crippen LogP contribution in [0.1, 0.15) is 24.5 Å². The molecule has 1 aromatic carbocycles. The summed E-state index contributed by atoms with van der Waals surface area (Å²) >= 11 is 0. The molecular formula is C16H25N3O2. The van der Waals surface area contributed by atoms with Crippen LogP contribution in [0, 0.1) is 13.8 Å². The number of likely N-dealkylation sites (N-methyl/N-ethyl adjacent to an activating group) is 1. The van der Waals surface area contributed by atoms with Crippen LogP contribution in [0.3, 0.4) is 0 Å². The highest BCUT2D eigenvalue weighted by Crippen LogP contribution is 2.15. The Labute approximate surface area is 126 Å². The molecule has 0 aliphatic rings. The number of nitrogens with zero attached hydrogens (tertiary/aromatic N) is 1. The summed E-state index contributed by atoms with van der Waals surface area (Å²) in [5.74, 6) is -0.175. The number of hydrogen-bond donors (Lipinski definition) is 2. The van der Waals surface area contributed by atoms with E-state index in [0.717, 1.165) is 23.2 Å². The van der Waals surface area contributed by atoms with Gasteiger partial charge < -0.3 is 10.6 Å². The molecule has 1 rings (SSSR count).